The standard InChI is InChI=1S/C24H19BO2/c26-25(27)24-14-12-19(13-15-24)21-9-5-11-23(17-21)22-10-4-8-20(16-22)18-6-2-1-3-7-18/h1-17,26-27H. The van der Waals surface area contributed by atoms with E-state index in [1.165, 1.54) is 16.7 Å². The van der Waals surface area contributed by atoms with Gasteiger partial charge >= 0.3 is 7.12 Å². The van der Waals surface area contributed by atoms with Crippen molar-refractivity contribution in [1.29, 1.82) is 0 Å². The van der Waals surface area contributed by atoms with Gasteiger partial charge in [-0.25, -0.2) is 0 Å². The molecular weight excluding hydrogens is 331 g/mol. The highest BCUT2D eigenvalue weighted by molar-refractivity contribution is 6.58. The monoisotopic (exact) mass is 350 g/mol. The van der Waals surface area contributed by atoms with E-state index in [2.05, 4.69) is 72.8 Å². The second kappa shape index (κ2) is 7.62. The summed E-state index contributed by atoms with van der Waals surface area (Å²) in [4.78, 5) is 0. The van der Waals surface area contributed by atoms with E-state index in [9.17, 15) is 10.0 Å². The second-order valence-corrected chi connectivity index (χ2v) is 6.52. The van der Waals surface area contributed by atoms with E-state index in [0.29, 0.717) is 5.46 Å². The normalized spacial score (nSPS) is 10.6. The van der Waals surface area contributed by atoms with Gasteiger partial charge in [-0.1, -0.05) is 91.0 Å². The first kappa shape index (κ1) is 17.3. The molecule has 0 saturated heterocycles. The molecule has 0 aromatic heterocycles. The minimum atomic E-state index is -1.44. The van der Waals surface area contributed by atoms with E-state index >= 15 is 0 Å². The Balaban J connectivity index is 1.69. The minimum absolute atomic E-state index is 0.491. The first-order valence-electron chi connectivity index (χ1n) is 8.93. The summed E-state index contributed by atoms with van der Waals surface area (Å²) in [6, 6.07) is 34.6. The smallest absolute Gasteiger partial charge is 0.423 e. The number of rotatable bonds is 4. The van der Waals surface area contributed by atoms with Crippen LogP contribution in [0.3, 0.4) is 0 Å². The van der Waals surface area contributed by atoms with Crippen molar-refractivity contribution in [2.24, 2.45) is 0 Å². The maximum atomic E-state index is 9.25. The molecule has 2 N–H and O–H groups in total. The molecule has 4 aromatic rings. The average molecular weight is 350 g/mol. The van der Waals surface area contributed by atoms with Crippen molar-refractivity contribution in [1.82, 2.24) is 0 Å². The van der Waals surface area contributed by atoms with Crippen molar-refractivity contribution in [3.8, 4) is 33.4 Å². The summed E-state index contributed by atoms with van der Waals surface area (Å²) in [5.74, 6) is 0. The third kappa shape index (κ3) is 3.85. The van der Waals surface area contributed by atoms with Gasteiger partial charge in [0.05, 0.1) is 0 Å². The maximum absolute atomic E-state index is 9.25. The van der Waals surface area contributed by atoms with Gasteiger partial charge in [0.25, 0.3) is 0 Å². The molecule has 27 heavy (non-hydrogen) atoms. The first-order chi connectivity index (χ1) is 13.2. The Kier molecular flexibility index (Phi) is 4.88. The van der Waals surface area contributed by atoms with Crippen molar-refractivity contribution in [3.05, 3.63) is 103 Å². The van der Waals surface area contributed by atoms with Gasteiger partial charge in [-0.15, -0.1) is 0 Å². The average Bonchev–Trinajstić information content (AvgIpc) is 2.75. The fourth-order valence-electron chi connectivity index (χ4n) is 3.23. The molecule has 3 heteroatoms. The van der Waals surface area contributed by atoms with E-state index in [-0.39, 0.29) is 0 Å². The molecule has 0 amide bonds. The van der Waals surface area contributed by atoms with Crippen LogP contribution in [0.1, 0.15) is 0 Å². The predicted molar refractivity (Wildman–Crippen MR) is 113 cm³/mol. The summed E-state index contributed by atoms with van der Waals surface area (Å²) in [6.45, 7) is 0. The molecule has 0 heterocycles. The van der Waals surface area contributed by atoms with Crippen LogP contribution < -0.4 is 5.46 Å². The third-order valence-electron chi connectivity index (χ3n) is 4.71. The fraction of sp³-hybridized carbons (Fsp3) is 0. The molecule has 0 aliphatic rings. The molecule has 0 spiro atoms. The maximum Gasteiger partial charge on any atom is 0.488 e. The van der Waals surface area contributed by atoms with Gasteiger partial charge in [0.2, 0.25) is 0 Å². The molecule has 0 atom stereocenters. The van der Waals surface area contributed by atoms with E-state index in [1.807, 2.05) is 18.2 Å². The largest absolute Gasteiger partial charge is 0.488 e. The Hall–Kier alpha value is -3.14. The second-order valence-electron chi connectivity index (χ2n) is 6.52. The van der Waals surface area contributed by atoms with Crippen LogP contribution in [-0.4, -0.2) is 17.2 Å². The van der Waals surface area contributed by atoms with Crippen LogP contribution >= 0.6 is 0 Å². The Morgan fingerprint density at radius 3 is 1.30 bits per heavy atom. The molecule has 0 unspecified atom stereocenters. The molecule has 0 fully saturated rings. The molecule has 0 aliphatic carbocycles. The zero-order valence-corrected chi connectivity index (χ0v) is 14.8. The zero-order valence-electron chi connectivity index (χ0n) is 14.8. The van der Waals surface area contributed by atoms with E-state index in [1.54, 1.807) is 12.1 Å². The van der Waals surface area contributed by atoms with Crippen molar-refractivity contribution in [3.63, 3.8) is 0 Å². The van der Waals surface area contributed by atoms with Gasteiger partial charge in [-0.05, 0) is 51.0 Å². The molecule has 0 saturated carbocycles. The lowest BCUT2D eigenvalue weighted by Crippen LogP contribution is -2.29. The summed E-state index contributed by atoms with van der Waals surface area (Å²) in [5.41, 5.74) is 7.34. The van der Waals surface area contributed by atoms with Crippen LogP contribution in [-0.2, 0) is 0 Å². The van der Waals surface area contributed by atoms with E-state index < -0.39 is 7.12 Å². The van der Waals surface area contributed by atoms with Crippen LogP contribution in [0, 0.1) is 0 Å². The van der Waals surface area contributed by atoms with Crippen molar-refractivity contribution < 1.29 is 10.0 Å². The van der Waals surface area contributed by atoms with Crippen LogP contribution in [0.15, 0.2) is 103 Å². The molecule has 4 rings (SSSR count). The topological polar surface area (TPSA) is 40.5 Å². The highest BCUT2D eigenvalue weighted by Crippen LogP contribution is 2.29. The van der Waals surface area contributed by atoms with Crippen molar-refractivity contribution in [2.45, 2.75) is 0 Å². The van der Waals surface area contributed by atoms with Crippen LogP contribution in [0.5, 0.6) is 0 Å². The lowest BCUT2D eigenvalue weighted by molar-refractivity contribution is 0.426. The minimum Gasteiger partial charge on any atom is -0.423 e. The SMILES string of the molecule is OB(O)c1ccc(-c2cccc(-c3cccc(-c4ccccc4)c3)c2)cc1. The Morgan fingerprint density at radius 2 is 0.815 bits per heavy atom. The lowest BCUT2D eigenvalue weighted by atomic mass is 9.80. The molecular formula is C24H19BO2. The molecule has 4 aromatic carbocycles. The van der Waals surface area contributed by atoms with Crippen molar-refractivity contribution >= 4 is 12.6 Å². The van der Waals surface area contributed by atoms with Gasteiger partial charge < -0.3 is 10.0 Å². The summed E-state index contributed by atoms with van der Waals surface area (Å²) in [6.07, 6.45) is 0. The Bertz CT molecular complexity index is 1040. The van der Waals surface area contributed by atoms with E-state index in [0.717, 1.165) is 16.7 Å². The van der Waals surface area contributed by atoms with E-state index in [4.69, 9.17) is 0 Å². The van der Waals surface area contributed by atoms with Crippen LogP contribution in [0.4, 0.5) is 0 Å². The molecule has 2 nitrogen and oxygen atoms in total. The third-order valence-corrected chi connectivity index (χ3v) is 4.71. The van der Waals surface area contributed by atoms with Crippen LogP contribution in [0.2, 0.25) is 0 Å². The van der Waals surface area contributed by atoms with Gasteiger partial charge in [0.15, 0.2) is 0 Å². The molecule has 0 bridgehead atoms. The highest BCUT2D eigenvalue weighted by atomic mass is 16.4. The van der Waals surface area contributed by atoms with Gasteiger partial charge in [-0.3, -0.25) is 0 Å². The zero-order chi connectivity index (χ0) is 18.6. The summed E-state index contributed by atoms with van der Waals surface area (Å²) in [5, 5.41) is 18.5. The lowest BCUT2D eigenvalue weighted by Gasteiger charge is -2.09. The summed E-state index contributed by atoms with van der Waals surface area (Å²) < 4.78 is 0. The van der Waals surface area contributed by atoms with Gasteiger partial charge in [0.1, 0.15) is 0 Å². The number of hydrogen-bond acceptors (Lipinski definition) is 2. The summed E-state index contributed by atoms with van der Waals surface area (Å²) in [7, 11) is -1.44. The molecule has 0 radical (unpaired) electrons. The number of hydrogen-bond donors (Lipinski definition) is 2. The molecule has 0 aliphatic heterocycles. The number of benzene rings is 4. The Morgan fingerprint density at radius 1 is 0.407 bits per heavy atom. The van der Waals surface area contributed by atoms with Crippen molar-refractivity contribution in [2.75, 3.05) is 0 Å². The Labute approximate surface area is 159 Å². The molecule has 130 valence electrons. The highest BCUT2D eigenvalue weighted by Gasteiger charge is 2.10. The fourth-order valence-corrected chi connectivity index (χ4v) is 3.23. The quantitative estimate of drug-likeness (QED) is 0.537. The van der Waals surface area contributed by atoms with Gasteiger partial charge in [0, 0.05) is 0 Å². The van der Waals surface area contributed by atoms with Gasteiger partial charge in [-0.2, -0.15) is 0 Å². The summed E-state index contributed by atoms with van der Waals surface area (Å²) >= 11 is 0. The predicted octanol–water partition coefficient (Wildman–Crippen LogP) is 4.37. The first-order valence-corrected chi connectivity index (χ1v) is 8.93. The van der Waals surface area contributed by atoms with Crippen LogP contribution in [0.25, 0.3) is 33.4 Å².